The summed E-state index contributed by atoms with van der Waals surface area (Å²) in [6, 6.07) is 7.69. The molecule has 1 aromatic heterocycles. The summed E-state index contributed by atoms with van der Waals surface area (Å²) >= 11 is 6.27. The van der Waals surface area contributed by atoms with E-state index in [1.165, 1.54) is 0 Å². The molecule has 4 rings (SSSR count). The van der Waals surface area contributed by atoms with E-state index in [0.717, 1.165) is 67.2 Å². The van der Waals surface area contributed by atoms with Crippen LogP contribution in [0.15, 0.2) is 30.5 Å². The first-order valence-electron chi connectivity index (χ1n) is 11.7. The Hall–Kier alpha value is -2.44. The zero-order chi connectivity index (χ0) is 23.7. The molecule has 0 radical (unpaired) electrons. The third-order valence-electron chi connectivity index (χ3n) is 7.12. The lowest BCUT2D eigenvalue weighted by Gasteiger charge is -2.25. The van der Waals surface area contributed by atoms with Gasteiger partial charge in [-0.25, -0.2) is 0 Å². The van der Waals surface area contributed by atoms with E-state index in [9.17, 15) is 9.59 Å². The lowest BCUT2D eigenvalue weighted by molar-refractivity contribution is -0.116. The highest BCUT2D eigenvalue weighted by Crippen LogP contribution is 2.32. The number of likely N-dealkylation sites (tertiary alicyclic amines) is 2. The van der Waals surface area contributed by atoms with Crippen LogP contribution < -0.4 is 4.90 Å². The van der Waals surface area contributed by atoms with Gasteiger partial charge in [-0.15, -0.1) is 0 Å². The average Bonchev–Trinajstić information content (AvgIpc) is 3.32. The van der Waals surface area contributed by atoms with Crippen molar-refractivity contribution in [1.29, 1.82) is 0 Å². The standard InChI is InChI=1S/C26H33ClN4O2/c1-17-6-7-23(12-24(17)27)31(20(4)32)11-5-10-29-13-21-15-30(16-22(21)14-29)26(33)25-18(2)8-9-28-19(25)3/h6-9,12,21-22H,5,10-11,13-16H2,1-4H3. The van der Waals surface area contributed by atoms with E-state index in [-0.39, 0.29) is 11.8 Å². The maximum absolute atomic E-state index is 13.1. The van der Waals surface area contributed by atoms with Crippen LogP contribution >= 0.6 is 11.6 Å². The Morgan fingerprint density at radius 3 is 2.36 bits per heavy atom. The minimum absolute atomic E-state index is 0.0309. The highest BCUT2D eigenvalue weighted by atomic mass is 35.5. The van der Waals surface area contributed by atoms with Crippen LogP contribution in [0.25, 0.3) is 0 Å². The molecule has 0 aliphatic carbocycles. The van der Waals surface area contributed by atoms with Gasteiger partial charge >= 0.3 is 0 Å². The Kier molecular flexibility index (Phi) is 7.05. The minimum atomic E-state index is 0.0309. The van der Waals surface area contributed by atoms with Gasteiger partial charge in [0.2, 0.25) is 5.91 Å². The Labute approximate surface area is 201 Å². The molecular formula is C26H33ClN4O2. The highest BCUT2D eigenvalue weighted by molar-refractivity contribution is 6.31. The molecule has 7 heteroatoms. The van der Waals surface area contributed by atoms with Crippen LogP contribution in [0.1, 0.15) is 40.5 Å². The van der Waals surface area contributed by atoms with Gasteiger partial charge in [-0.2, -0.15) is 0 Å². The number of anilines is 1. The summed E-state index contributed by atoms with van der Waals surface area (Å²) in [5, 5.41) is 0.682. The van der Waals surface area contributed by atoms with Crippen molar-refractivity contribution in [2.24, 2.45) is 11.8 Å². The van der Waals surface area contributed by atoms with Crippen molar-refractivity contribution in [1.82, 2.24) is 14.8 Å². The quantitative estimate of drug-likeness (QED) is 0.640. The van der Waals surface area contributed by atoms with Gasteiger partial charge in [0.1, 0.15) is 0 Å². The molecule has 176 valence electrons. The van der Waals surface area contributed by atoms with Gasteiger partial charge in [0.15, 0.2) is 0 Å². The van der Waals surface area contributed by atoms with Gasteiger partial charge in [-0.3, -0.25) is 14.6 Å². The molecule has 2 aliphatic rings. The molecule has 3 heterocycles. The summed E-state index contributed by atoms with van der Waals surface area (Å²) in [5.74, 6) is 1.19. The summed E-state index contributed by atoms with van der Waals surface area (Å²) in [7, 11) is 0. The number of pyridine rings is 1. The summed E-state index contributed by atoms with van der Waals surface area (Å²) in [4.78, 5) is 36.0. The summed E-state index contributed by atoms with van der Waals surface area (Å²) < 4.78 is 0. The van der Waals surface area contributed by atoms with Gasteiger partial charge in [0.25, 0.3) is 5.91 Å². The molecule has 0 N–H and O–H groups in total. The largest absolute Gasteiger partial charge is 0.338 e. The average molecular weight is 469 g/mol. The molecule has 6 nitrogen and oxygen atoms in total. The number of nitrogens with zero attached hydrogens (tertiary/aromatic N) is 4. The second-order valence-corrected chi connectivity index (χ2v) is 9.94. The van der Waals surface area contributed by atoms with Gasteiger partial charge < -0.3 is 14.7 Å². The number of hydrogen-bond donors (Lipinski definition) is 0. The molecular weight excluding hydrogens is 436 g/mol. The van der Waals surface area contributed by atoms with E-state index >= 15 is 0 Å². The molecule has 1 aromatic carbocycles. The summed E-state index contributed by atoms with van der Waals surface area (Å²) in [6.07, 6.45) is 2.67. The number of rotatable bonds is 6. The van der Waals surface area contributed by atoms with E-state index < -0.39 is 0 Å². The predicted octanol–water partition coefficient (Wildman–Crippen LogP) is 4.11. The molecule has 0 saturated carbocycles. The van der Waals surface area contributed by atoms with Crippen LogP contribution in [-0.2, 0) is 4.79 Å². The number of fused-ring (bicyclic) bond motifs is 1. The lowest BCUT2D eigenvalue weighted by Crippen LogP contribution is -2.35. The van der Waals surface area contributed by atoms with Crippen molar-refractivity contribution in [3.63, 3.8) is 0 Å². The van der Waals surface area contributed by atoms with Crippen molar-refractivity contribution in [2.45, 2.75) is 34.1 Å². The lowest BCUT2D eigenvalue weighted by atomic mass is 10.0. The van der Waals surface area contributed by atoms with Crippen LogP contribution in [0.4, 0.5) is 5.69 Å². The smallest absolute Gasteiger partial charge is 0.255 e. The monoisotopic (exact) mass is 468 g/mol. The fourth-order valence-electron chi connectivity index (χ4n) is 5.28. The molecule has 2 unspecified atom stereocenters. The van der Waals surface area contributed by atoms with E-state index in [0.29, 0.717) is 23.4 Å². The number of hydrogen-bond acceptors (Lipinski definition) is 4. The first-order chi connectivity index (χ1) is 15.7. The van der Waals surface area contributed by atoms with Crippen molar-refractivity contribution in [3.8, 4) is 0 Å². The van der Waals surface area contributed by atoms with Crippen LogP contribution in [0.3, 0.4) is 0 Å². The zero-order valence-corrected chi connectivity index (χ0v) is 20.7. The van der Waals surface area contributed by atoms with Crippen LogP contribution in [-0.4, -0.2) is 65.9 Å². The minimum Gasteiger partial charge on any atom is -0.338 e. The number of benzene rings is 1. The van der Waals surface area contributed by atoms with Crippen LogP contribution in [0.2, 0.25) is 5.02 Å². The second kappa shape index (κ2) is 9.82. The Morgan fingerprint density at radius 2 is 1.76 bits per heavy atom. The maximum atomic E-state index is 13.1. The molecule has 2 atom stereocenters. The predicted molar refractivity (Wildman–Crippen MR) is 132 cm³/mol. The fourth-order valence-corrected chi connectivity index (χ4v) is 5.46. The highest BCUT2D eigenvalue weighted by Gasteiger charge is 2.41. The van der Waals surface area contributed by atoms with Crippen molar-refractivity contribution < 1.29 is 9.59 Å². The molecule has 2 saturated heterocycles. The van der Waals surface area contributed by atoms with Gasteiger partial charge in [0, 0.05) is 56.6 Å². The molecule has 2 aromatic rings. The number of amides is 2. The van der Waals surface area contributed by atoms with E-state index in [4.69, 9.17) is 11.6 Å². The maximum Gasteiger partial charge on any atom is 0.255 e. The van der Waals surface area contributed by atoms with E-state index in [2.05, 4.69) is 9.88 Å². The Bertz CT molecular complexity index is 1020. The van der Waals surface area contributed by atoms with Gasteiger partial charge in [0.05, 0.1) is 11.3 Å². The number of carbonyl (C=O) groups is 2. The SMILES string of the molecule is CC(=O)N(CCCN1CC2CN(C(=O)c3c(C)ccnc3C)CC2C1)c1ccc(C)c(Cl)c1. The fraction of sp³-hybridized carbons (Fsp3) is 0.500. The normalized spacial score (nSPS) is 20.2. The number of aromatic nitrogens is 1. The first-order valence-corrected chi connectivity index (χ1v) is 12.1. The van der Waals surface area contributed by atoms with E-state index in [1.54, 1.807) is 18.0 Å². The van der Waals surface area contributed by atoms with Gasteiger partial charge in [-0.05, 0) is 74.9 Å². The third-order valence-corrected chi connectivity index (χ3v) is 7.52. The van der Waals surface area contributed by atoms with Crippen molar-refractivity contribution >= 4 is 29.1 Å². The number of aryl methyl sites for hydroxylation is 3. The van der Waals surface area contributed by atoms with Crippen LogP contribution in [0.5, 0.6) is 0 Å². The van der Waals surface area contributed by atoms with E-state index in [1.807, 2.05) is 49.9 Å². The second-order valence-electron chi connectivity index (χ2n) is 9.54. The molecule has 0 spiro atoms. The summed E-state index contributed by atoms with van der Waals surface area (Å²) in [5.41, 5.74) is 4.43. The Morgan fingerprint density at radius 1 is 1.06 bits per heavy atom. The van der Waals surface area contributed by atoms with Gasteiger partial charge in [-0.1, -0.05) is 17.7 Å². The molecule has 33 heavy (non-hydrogen) atoms. The van der Waals surface area contributed by atoms with Crippen molar-refractivity contribution in [3.05, 3.63) is 57.9 Å². The Balaban J connectivity index is 1.29. The first kappa shape index (κ1) is 23.7. The number of halogens is 1. The topological polar surface area (TPSA) is 56.8 Å². The summed E-state index contributed by atoms with van der Waals surface area (Å²) in [6.45, 7) is 12.7. The molecule has 0 bridgehead atoms. The molecule has 2 aliphatic heterocycles. The van der Waals surface area contributed by atoms with Crippen LogP contribution in [0, 0.1) is 32.6 Å². The van der Waals surface area contributed by atoms with Crippen molar-refractivity contribution in [2.75, 3.05) is 44.2 Å². The molecule has 2 fully saturated rings. The third kappa shape index (κ3) is 5.07. The zero-order valence-electron chi connectivity index (χ0n) is 20.0. The molecule has 2 amide bonds. The number of carbonyl (C=O) groups excluding carboxylic acids is 2.